The van der Waals surface area contributed by atoms with Gasteiger partial charge in [0.05, 0.1) is 11.3 Å². The highest BCUT2D eigenvalue weighted by Crippen LogP contribution is 2.24. The number of carbonyl (C=O) groups excluding carboxylic acids is 1. The summed E-state index contributed by atoms with van der Waals surface area (Å²) in [4.78, 5) is 12.2. The minimum Gasteiger partial charge on any atom is -0.485 e. The lowest BCUT2D eigenvalue weighted by atomic mass is 10.1. The molecule has 0 fully saturated rings. The van der Waals surface area contributed by atoms with Crippen molar-refractivity contribution in [1.82, 2.24) is 14.8 Å². The summed E-state index contributed by atoms with van der Waals surface area (Å²) in [6, 6.07) is 9.70. The number of rotatable bonds is 8. The van der Waals surface area contributed by atoms with Crippen LogP contribution < -0.4 is 10.1 Å². The van der Waals surface area contributed by atoms with Gasteiger partial charge in [-0.2, -0.15) is 5.26 Å². The van der Waals surface area contributed by atoms with Gasteiger partial charge in [-0.3, -0.25) is 4.79 Å². The van der Waals surface area contributed by atoms with Gasteiger partial charge >= 0.3 is 0 Å². The van der Waals surface area contributed by atoms with E-state index in [1.807, 2.05) is 43.5 Å². The second-order valence-electron chi connectivity index (χ2n) is 6.24. The summed E-state index contributed by atoms with van der Waals surface area (Å²) < 4.78 is 7.88. The van der Waals surface area contributed by atoms with Crippen LogP contribution in [0.5, 0.6) is 5.75 Å². The van der Waals surface area contributed by atoms with Crippen LogP contribution in [0.1, 0.15) is 29.4 Å². The SMILES string of the molecule is CCn1c(COc2cccc(C)c2C)nnc1SCC(=O)Nc1sccc1C#N. The molecule has 29 heavy (non-hydrogen) atoms. The summed E-state index contributed by atoms with van der Waals surface area (Å²) in [6.45, 7) is 7.05. The van der Waals surface area contributed by atoms with Crippen LogP contribution in [0, 0.1) is 25.2 Å². The van der Waals surface area contributed by atoms with Crippen molar-refractivity contribution in [3.8, 4) is 11.8 Å². The molecule has 1 N–H and O–H groups in total. The van der Waals surface area contributed by atoms with E-state index in [0.29, 0.717) is 34.7 Å². The van der Waals surface area contributed by atoms with Crippen LogP contribution in [0.15, 0.2) is 34.8 Å². The molecule has 0 saturated carbocycles. The molecule has 2 heterocycles. The van der Waals surface area contributed by atoms with Crippen molar-refractivity contribution in [3.05, 3.63) is 52.2 Å². The van der Waals surface area contributed by atoms with Crippen LogP contribution in [-0.4, -0.2) is 26.4 Å². The summed E-state index contributed by atoms with van der Waals surface area (Å²) in [5.41, 5.74) is 2.75. The summed E-state index contributed by atoms with van der Waals surface area (Å²) in [5, 5.41) is 23.2. The van der Waals surface area contributed by atoms with Crippen LogP contribution in [0.3, 0.4) is 0 Å². The molecule has 7 nitrogen and oxygen atoms in total. The van der Waals surface area contributed by atoms with Gasteiger partial charge in [-0.05, 0) is 49.4 Å². The van der Waals surface area contributed by atoms with Crippen LogP contribution in [0.2, 0.25) is 0 Å². The third kappa shape index (κ3) is 4.96. The molecule has 0 atom stereocenters. The maximum atomic E-state index is 12.2. The number of aryl methyl sites for hydroxylation is 1. The van der Waals surface area contributed by atoms with Crippen LogP contribution >= 0.6 is 23.1 Å². The third-order valence-electron chi connectivity index (χ3n) is 4.39. The summed E-state index contributed by atoms with van der Waals surface area (Å²) in [7, 11) is 0. The molecule has 0 unspecified atom stereocenters. The van der Waals surface area contributed by atoms with Crippen molar-refractivity contribution in [1.29, 1.82) is 5.26 Å². The van der Waals surface area contributed by atoms with E-state index < -0.39 is 0 Å². The number of thiophene rings is 1. The Morgan fingerprint density at radius 3 is 2.93 bits per heavy atom. The Labute approximate surface area is 177 Å². The Kier molecular flexibility index (Phi) is 6.90. The molecule has 0 bridgehead atoms. The van der Waals surface area contributed by atoms with Gasteiger partial charge in [0.2, 0.25) is 5.91 Å². The number of hydrogen-bond donors (Lipinski definition) is 1. The largest absolute Gasteiger partial charge is 0.485 e. The summed E-state index contributed by atoms with van der Waals surface area (Å²) in [6.07, 6.45) is 0. The predicted molar refractivity (Wildman–Crippen MR) is 114 cm³/mol. The lowest BCUT2D eigenvalue weighted by Crippen LogP contribution is -2.14. The van der Waals surface area contributed by atoms with Crippen LogP contribution in [-0.2, 0) is 17.9 Å². The van der Waals surface area contributed by atoms with Gasteiger partial charge in [0.15, 0.2) is 11.0 Å². The Bertz CT molecular complexity index is 1050. The fourth-order valence-electron chi connectivity index (χ4n) is 2.66. The fraction of sp³-hybridized carbons (Fsp3) is 0.300. The first-order chi connectivity index (χ1) is 14.0. The second-order valence-corrected chi connectivity index (χ2v) is 8.10. The zero-order chi connectivity index (χ0) is 20.8. The highest BCUT2D eigenvalue weighted by molar-refractivity contribution is 7.99. The second kappa shape index (κ2) is 9.58. The molecule has 0 aliphatic heterocycles. The van der Waals surface area contributed by atoms with E-state index in [2.05, 4.69) is 21.6 Å². The fourth-order valence-corrected chi connectivity index (χ4v) is 4.23. The number of hydrogen-bond acceptors (Lipinski definition) is 7. The average molecular weight is 428 g/mol. The topological polar surface area (TPSA) is 92.8 Å². The molecule has 0 aliphatic carbocycles. The van der Waals surface area contributed by atoms with E-state index in [-0.39, 0.29) is 11.7 Å². The Balaban J connectivity index is 1.61. The maximum Gasteiger partial charge on any atom is 0.235 e. The number of nitrogens with zero attached hydrogens (tertiary/aromatic N) is 4. The normalized spacial score (nSPS) is 10.6. The molecule has 2 aromatic heterocycles. The maximum absolute atomic E-state index is 12.2. The highest BCUT2D eigenvalue weighted by Gasteiger charge is 2.15. The number of nitrogens with one attached hydrogen (secondary N) is 1. The van der Waals surface area contributed by atoms with Crippen LogP contribution in [0.25, 0.3) is 0 Å². The van der Waals surface area contributed by atoms with Gasteiger partial charge < -0.3 is 14.6 Å². The van der Waals surface area contributed by atoms with Crippen molar-refractivity contribution in [2.45, 2.75) is 39.1 Å². The van der Waals surface area contributed by atoms with E-state index in [4.69, 9.17) is 10.00 Å². The first-order valence-electron chi connectivity index (χ1n) is 9.04. The molecule has 150 valence electrons. The van der Waals surface area contributed by atoms with Crippen molar-refractivity contribution in [2.24, 2.45) is 0 Å². The number of carbonyl (C=O) groups is 1. The number of nitriles is 1. The molecule has 1 aromatic carbocycles. The lowest BCUT2D eigenvalue weighted by molar-refractivity contribution is -0.113. The number of benzene rings is 1. The Hall–Kier alpha value is -2.83. The first kappa shape index (κ1) is 20.9. The van der Waals surface area contributed by atoms with Crippen molar-refractivity contribution in [2.75, 3.05) is 11.1 Å². The van der Waals surface area contributed by atoms with E-state index >= 15 is 0 Å². The standard InChI is InChI=1S/C20H21N5O2S2/c1-4-25-17(11-27-16-7-5-6-13(2)14(16)3)23-24-20(25)29-12-18(26)22-19-15(10-21)8-9-28-19/h5-9H,4,11-12H2,1-3H3,(H,22,26). The number of amides is 1. The van der Waals surface area contributed by atoms with Gasteiger partial charge in [0, 0.05) is 6.54 Å². The number of anilines is 1. The van der Waals surface area contributed by atoms with Gasteiger partial charge in [-0.25, -0.2) is 0 Å². The minimum atomic E-state index is -0.187. The molecule has 0 aliphatic rings. The molecule has 0 spiro atoms. The summed E-state index contributed by atoms with van der Waals surface area (Å²) in [5.74, 6) is 1.53. The quantitative estimate of drug-likeness (QED) is 0.543. The Morgan fingerprint density at radius 2 is 2.17 bits per heavy atom. The van der Waals surface area contributed by atoms with Gasteiger partial charge in [0.1, 0.15) is 23.4 Å². The van der Waals surface area contributed by atoms with Crippen molar-refractivity contribution < 1.29 is 9.53 Å². The number of aromatic nitrogens is 3. The highest BCUT2D eigenvalue weighted by atomic mass is 32.2. The molecular formula is C20H21N5O2S2. The molecule has 3 rings (SSSR count). The first-order valence-corrected chi connectivity index (χ1v) is 10.9. The minimum absolute atomic E-state index is 0.179. The van der Waals surface area contributed by atoms with E-state index in [0.717, 1.165) is 11.3 Å². The van der Waals surface area contributed by atoms with E-state index in [9.17, 15) is 4.79 Å². The van der Waals surface area contributed by atoms with Gasteiger partial charge in [-0.15, -0.1) is 21.5 Å². The summed E-state index contributed by atoms with van der Waals surface area (Å²) >= 11 is 2.64. The molecule has 3 aromatic rings. The zero-order valence-corrected chi connectivity index (χ0v) is 18.1. The third-order valence-corrected chi connectivity index (χ3v) is 6.19. The molecular weight excluding hydrogens is 406 g/mol. The monoisotopic (exact) mass is 427 g/mol. The predicted octanol–water partition coefficient (Wildman–Crippen LogP) is 4.16. The number of thioether (sulfide) groups is 1. The van der Waals surface area contributed by atoms with Crippen LogP contribution in [0.4, 0.5) is 5.00 Å². The zero-order valence-electron chi connectivity index (χ0n) is 16.4. The van der Waals surface area contributed by atoms with E-state index in [1.54, 1.807) is 11.4 Å². The van der Waals surface area contributed by atoms with Gasteiger partial charge in [0.25, 0.3) is 0 Å². The molecule has 0 saturated heterocycles. The lowest BCUT2D eigenvalue weighted by Gasteiger charge is -2.11. The Morgan fingerprint density at radius 1 is 1.34 bits per heavy atom. The van der Waals surface area contributed by atoms with Gasteiger partial charge in [-0.1, -0.05) is 23.9 Å². The van der Waals surface area contributed by atoms with Crippen molar-refractivity contribution in [3.63, 3.8) is 0 Å². The molecule has 0 radical (unpaired) electrons. The molecule has 1 amide bonds. The average Bonchev–Trinajstić information content (AvgIpc) is 3.33. The van der Waals surface area contributed by atoms with Crippen molar-refractivity contribution >= 4 is 34.0 Å². The smallest absolute Gasteiger partial charge is 0.235 e. The number of ether oxygens (including phenoxy) is 1. The van der Waals surface area contributed by atoms with E-state index in [1.165, 1.54) is 28.7 Å². The molecule has 9 heteroatoms.